The number of carbonyl (C=O) groups excluding carboxylic acids is 2. The minimum Gasteiger partial charge on any atom is -0.296 e. The van der Waals surface area contributed by atoms with Gasteiger partial charge in [-0.1, -0.05) is 42.7 Å². The summed E-state index contributed by atoms with van der Waals surface area (Å²) in [4.78, 5) is 23.7. The summed E-state index contributed by atoms with van der Waals surface area (Å²) in [6, 6.07) is 6.32. The van der Waals surface area contributed by atoms with Crippen LogP contribution in [-0.4, -0.2) is 11.8 Å². The Bertz CT molecular complexity index is 487. The molecule has 1 aromatic rings. The fraction of sp³-hybridized carbons (Fsp3) is 0.500. The quantitative estimate of drug-likeness (QED) is 0.848. The van der Waals surface area contributed by atoms with Crippen LogP contribution in [0.5, 0.6) is 0 Å². The zero-order valence-electron chi connectivity index (χ0n) is 11.8. The summed E-state index contributed by atoms with van der Waals surface area (Å²) >= 11 is 0. The number of imide groups is 1. The van der Waals surface area contributed by atoms with E-state index < -0.39 is 0 Å². The molecule has 1 aliphatic rings. The van der Waals surface area contributed by atoms with Crippen LogP contribution in [0, 0.1) is 19.8 Å². The monoisotopic (exact) mass is 259 g/mol. The Hall–Kier alpha value is -1.64. The van der Waals surface area contributed by atoms with Crippen molar-refractivity contribution in [3.8, 4) is 0 Å². The third kappa shape index (κ3) is 3.03. The first kappa shape index (κ1) is 13.8. The highest BCUT2D eigenvalue weighted by molar-refractivity contribution is 5.99. The molecule has 1 heterocycles. The van der Waals surface area contributed by atoms with E-state index in [2.05, 4.69) is 44.3 Å². The minimum atomic E-state index is -0.151. The van der Waals surface area contributed by atoms with Gasteiger partial charge in [-0.05, 0) is 25.8 Å². The molecule has 19 heavy (non-hydrogen) atoms. The molecule has 0 bridgehead atoms. The molecule has 2 unspecified atom stereocenters. The van der Waals surface area contributed by atoms with Crippen molar-refractivity contribution in [2.24, 2.45) is 5.92 Å². The van der Waals surface area contributed by atoms with Crippen LogP contribution in [0.1, 0.15) is 48.8 Å². The van der Waals surface area contributed by atoms with Crippen molar-refractivity contribution < 1.29 is 9.59 Å². The number of hydrogen-bond donors (Lipinski definition) is 1. The number of nitrogens with one attached hydrogen (secondary N) is 1. The van der Waals surface area contributed by atoms with E-state index in [1.54, 1.807) is 0 Å². The second-order valence-corrected chi connectivity index (χ2v) is 5.54. The van der Waals surface area contributed by atoms with Gasteiger partial charge >= 0.3 is 0 Å². The molecule has 2 rings (SSSR count). The predicted molar refractivity (Wildman–Crippen MR) is 74.8 cm³/mol. The van der Waals surface area contributed by atoms with Crippen LogP contribution in [-0.2, 0) is 9.59 Å². The summed E-state index contributed by atoms with van der Waals surface area (Å²) in [7, 11) is 0. The average molecular weight is 259 g/mol. The van der Waals surface area contributed by atoms with E-state index in [0.717, 1.165) is 18.4 Å². The van der Waals surface area contributed by atoms with Gasteiger partial charge in [0.25, 0.3) is 0 Å². The standard InChI is InChI=1S/C16H21NO2/c1-4-5-13-14(9-15(18)17-16(13)19)12-7-10(2)6-11(3)8-12/h6-8,13-14H,4-5,9H2,1-3H3,(H,17,18,19). The Kier molecular flexibility index (Phi) is 4.03. The van der Waals surface area contributed by atoms with Gasteiger partial charge in [-0.3, -0.25) is 14.9 Å². The lowest BCUT2D eigenvalue weighted by Crippen LogP contribution is -2.44. The molecule has 1 aliphatic heterocycles. The molecule has 0 aromatic heterocycles. The van der Waals surface area contributed by atoms with Crippen LogP contribution in [0.4, 0.5) is 0 Å². The van der Waals surface area contributed by atoms with Crippen LogP contribution in [0.25, 0.3) is 0 Å². The zero-order chi connectivity index (χ0) is 14.0. The lowest BCUT2D eigenvalue weighted by atomic mass is 9.77. The third-order valence-electron chi connectivity index (χ3n) is 3.76. The summed E-state index contributed by atoms with van der Waals surface area (Å²) in [6.07, 6.45) is 2.20. The molecule has 3 heteroatoms. The summed E-state index contributed by atoms with van der Waals surface area (Å²) < 4.78 is 0. The second-order valence-electron chi connectivity index (χ2n) is 5.54. The summed E-state index contributed by atoms with van der Waals surface area (Å²) in [6.45, 7) is 6.17. The van der Waals surface area contributed by atoms with Gasteiger partial charge < -0.3 is 0 Å². The van der Waals surface area contributed by atoms with E-state index in [1.807, 2.05) is 0 Å². The van der Waals surface area contributed by atoms with Crippen LogP contribution in [0.15, 0.2) is 18.2 Å². The van der Waals surface area contributed by atoms with E-state index >= 15 is 0 Å². The number of rotatable bonds is 3. The number of amides is 2. The van der Waals surface area contributed by atoms with Crippen LogP contribution in [0.2, 0.25) is 0 Å². The lowest BCUT2D eigenvalue weighted by Gasteiger charge is -2.30. The topological polar surface area (TPSA) is 46.2 Å². The number of piperidine rings is 1. The lowest BCUT2D eigenvalue weighted by molar-refractivity contribution is -0.137. The molecule has 2 amide bonds. The van der Waals surface area contributed by atoms with Crippen molar-refractivity contribution >= 4 is 11.8 Å². The third-order valence-corrected chi connectivity index (χ3v) is 3.76. The van der Waals surface area contributed by atoms with Gasteiger partial charge in [0.15, 0.2) is 0 Å². The van der Waals surface area contributed by atoms with Crippen molar-refractivity contribution in [2.75, 3.05) is 0 Å². The van der Waals surface area contributed by atoms with Crippen LogP contribution >= 0.6 is 0 Å². The predicted octanol–water partition coefficient (Wildman–Crippen LogP) is 2.85. The van der Waals surface area contributed by atoms with Gasteiger partial charge in [-0.15, -0.1) is 0 Å². The molecule has 102 valence electrons. The van der Waals surface area contributed by atoms with Gasteiger partial charge in [0.05, 0.1) is 0 Å². The van der Waals surface area contributed by atoms with Gasteiger partial charge in [0, 0.05) is 18.3 Å². The Morgan fingerprint density at radius 2 is 1.79 bits per heavy atom. The molecule has 1 N–H and O–H groups in total. The van der Waals surface area contributed by atoms with Crippen molar-refractivity contribution in [3.63, 3.8) is 0 Å². The van der Waals surface area contributed by atoms with Gasteiger partial charge in [0.2, 0.25) is 11.8 Å². The number of benzene rings is 1. The van der Waals surface area contributed by atoms with E-state index in [0.29, 0.717) is 6.42 Å². The zero-order valence-corrected chi connectivity index (χ0v) is 11.8. The van der Waals surface area contributed by atoms with Crippen LogP contribution < -0.4 is 5.32 Å². The Balaban J connectivity index is 2.37. The maximum atomic E-state index is 12.0. The summed E-state index contributed by atoms with van der Waals surface area (Å²) in [5, 5.41) is 2.47. The van der Waals surface area contributed by atoms with E-state index in [-0.39, 0.29) is 23.7 Å². The SMILES string of the molecule is CCCC1C(=O)NC(=O)CC1c1cc(C)cc(C)c1. The highest BCUT2D eigenvalue weighted by Gasteiger charge is 2.36. The highest BCUT2D eigenvalue weighted by Crippen LogP contribution is 2.35. The Labute approximate surface area is 114 Å². The first-order chi connectivity index (χ1) is 9.01. The minimum absolute atomic E-state index is 0.0276. The summed E-state index contributed by atoms with van der Waals surface area (Å²) in [5.41, 5.74) is 3.49. The molecule has 0 aliphatic carbocycles. The molecule has 1 aromatic carbocycles. The first-order valence-corrected chi connectivity index (χ1v) is 6.93. The largest absolute Gasteiger partial charge is 0.296 e. The first-order valence-electron chi connectivity index (χ1n) is 6.93. The van der Waals surface area contributed by atoms with Crippen molar-refractivity contribution in [3.05, 3.63) is 34.9 Å². The van der Waals surface area contributed by atoms with E-state index in [4.69, 9.17) is 0 Å². The highest BCUT2D eigenvalue weighted by atomic mass is 16.2. The maximum absolute atomic E-state index is 12.0. The maximum Gasteiger partial charge on any atom is 0.230 e. The second kappa shape index (κ2) is 5.55. The van der Waals surface area contributed by atoms with Crippen molar-refractivity contribution in [1.29, 1.82) is 0 Å². The molecule has 2 atom stereocenters. The molecule has 1 saturated heterocycles. The average Bonchev–Trinajstić information content (AvgIpc) is 2.31. The number of aryl methyl sites for hydroxylation is 2. The molecular formula is C16H21NO2. The Morgan fingerprint density at radius 3 is 2.37 bits per heavy atom. The van der Waals surface area contributed by atoms with Gasteiger partial charge in [-0.25, -0.2) is 0 Å². The molecule has 0 radical (unpaired) electrons. The van der Waals surface area contributed by atoms with E-state index in [1.165, 1.54) is 11.1 Å². The normalized spacial score (nSPS) is 23.3. The van der Waals surface area contributed by atoms with Gasteiger partial charge in [0.1, 0.15) is 0 Å². The summed E-state index contributed by atoms with van der Waals surface area (Å²) in [5.74, 6) is -0.313. The molecule has 3 nitrogen and oxygen atoms in total. The van der Waals surface area contributed by atoms with Gasteiger partial charge in [-0.2, -0.15) is 0 Å². The van der Waals surface area contributed by atoms with E-state index in [9.17, 15) is 9.59 Å². The van der Waals surface area contributed by atoms with Crippen molar-refractivity contribution in [2.45, 2.75) is 46.0 Å². The van der Waals surface area contributed by atoms with Crippen molar-refractivity contribution in [1.82, 2.24) is 5.32 Å². The molecule has 1 fully saturated rings. The fourth-order valence-corrected chi connectivity index (χ4v) is 3.02. The number of hydrogen-bond acceptors (Lipinski definition) is 2. The number of carbonyl (C=O) groups is 2. The molecule has 0 spiro atoms. The fourth-order valence-electron chi connectivity index (χ4n) is 3.02. The van der Waals surface area contributed by atoms with Crippen LogP contribution in [0.3, 0.4) is 0 Å². The Morgan fingerprint density at radius 1 is 1.16 bits per heavy atom. The molecule has 0 saturated carbocycles. The molecular weight excluding hydrogens is 238 g/mol. The smallest absolute Gasteiger partial charge is 0.230 e.